The van der Waals surface area contributed by atoms with Gasteiger partial charge in [0.1, 0.15) is 10.8 Å². The summed E-state index contributed by atoms with van der Waals surface area (Å²) in [6.07, 6.45) is 5.05. The maximum Gasteiger partial charge on any atom is 0.270 e. The van der Waals surface area contributed by atoms with Crippen LogP contribution in [0.4, 0.5) is 5.69 Å². The largest absolute Gasteiger partial charge is 0.384 e. The fraction of sp³-hybridized carbons (Fsp3) is 0.476. The molecule has 0 radical (unpaired) electrons. The predicted octanol–water partition coefficient (Wildman–Crippen LogP) is 3.88. The van der Waals surface area contributed by atoms with Gasteiger partial charge in [0.25, 0.3) is 11.5 Å². The number of hydrogen-bond acceptors (Lipinski definition) is 4. The number of H-pyrrole nitrogens is 1. The number of amides is 1. The second-order valence-corrected chi connectivity index (χ2v) is 8.01. The van der Waals surface area contributed by atoms with Crippen molar-refractivity contribution < 1.29 is 4.79 Å². The highest BCUT2D eigenvalue weighted by atomic mass is 35.5. The highest BCUT2D eigenvalue weighted by Crippen LogP contribution is 2.27. The first-order valence-corrected chi connectivity index (χ1v) is 10.1. The van der Waals surface area contributed by atoms with E-state index in [2.05, 4.69) is 20.6 Å². The third-order valence-corrected chi connectivity index (χ3v) is 5.63. The fourth-order valence-corrected chi connectivity index (χ4v) is 4.00. The standard InChI is InChI=1S/C21H27ClN4O2/c1-12-8-13(2)25-20(27)16(12)11-24-21(28)19-14(3)17(9-18(22)26-19)23-10-15-6-4-5-7-15/h8-9,15H,4-7,10-11H2,1-3H3,(H,23,26)(H,24,28)(H,25,27). The van der Waals surface area contributed by atoms with Gasteiger partial charge in [-0.25, -0.2) is 4.98 Å². The van der Waals surface area contributed by atoms with Crippen LogP contribution in [0.15, 0.2) is 16.9 Å². The summed E-state index contributed by atoms with van der Waals surface area (Å²) in [5.74, 6) is 0.322. The smallest absolute Gasteiger partial charge is 0.270 e. The average Bonchev–Trinajstić information content (AvgIpc) is 3.14. The van der Waals surface area contributed by atoms with Gasteiger partial charge >= 0.3 is 0 Å². The molecule has 3 N–H and O–H groups in total. The minimum atomic E-state index is -0.344. The van der Waals surface area contributed by atoms with Crippen LogP contribution in [0.2, 0.25) is 5.15 Å². The molecule has 2 aromatic rings. The summed E-state index contributed by atoms with van der Waals surface area (Å²) in [4.78, 5) is 31.8. The van der Waals surface area contributed by atoms with Gasteiger partial charge in [-0.3, -0.25) is 9.59 Å². The lowest BCUT2D eigenvalue weighted by molar-refractivity contribution is 0.0945. The van der Waals surface area contributed by atoms with E-state index in [0.717, 1.165) is 29.1 Å². The zero-order valence-corrected chi connectivity index (χ0v) is 17.4. The third-order valence-electron chi connectivity index (χ3n) is 5.43. The maximum atomic E-state index is 12.7. The number of nitrogens with one attached hydrogen (secondary N) is 3. The van der Waals surface area contributed by atoms with Crippen molar-refractivity contribution in [1.82, 2.24) is 15.3 Å². The predicted molar refractivity (Wildman–Crippen MR) is 112 cm³/mol. The summed E-state index contributed by atoms with van der Waals surface area (Å²) >= 11 is 6.16. The van der Waals surface area contributed by atoms with Gasteiger partial charge in [-0.1, -0.05) is 24.4 Å². The number of carbonyl (C=O) groups is 1. The number of nitrogens with zero attached hydrogens (tertiary/aromatic N) is 1. The molecule has 1 fully saturated rings. The van der Waals surface area contributed by atoms with E-state index >= 15 is 0 Å². The van der Waals surface area contributed by atoms with Crippen LogP contribution in [0.1, 0.15) is 58.6 Å². The molecule has 0 bridgehead atoms. The Morgan fingerprint density at radius 3 is 2.64 bits per heavy atom. The molecule has 1 amide bonds. The molecular formula is C21H27ClN4O2. The minimum absolute atomic E-state index is 0.138. The molecule has 0 saturated heterocycles. The van der Waals surface area contributed by atoms with E-state index in [1.165, 1.54) is 25.7 Å². The van der Waals surface area contributed by atoms with Gasteiger partial charge in [0, 0.05) is 35.6 Å². The molecule has 6 nitrogen and oxygen atoms in total. The second kappa shape index (κ2) is 8.78. The SMILES string of the molecule is Cc1cc(C)c(CNC(=O)c2nc(Cl)cc(NCC3CCCC3)c2C)c(=O)[nH]1. The number of pyridine rings is 2. The molecule has 7 heteroatoms. The Morgan fingerprint density at radius 1 is 1.25 bits per heavy atom. The molecule has 3 rings (SSSR count). The lowest BCUT2D eigenvalue weighted by atomic mass is 10.1. The van der Waals surface area contributed by atoms with E-state index in [1.54, 1.807) is 6.07 Å². The van der Waals surface area contributed by atoms with Crippen molar-refractivity contribution in [2.45, 2.75) is 53.0 Å². The van der Waals surface area contributed by atoms with E-state index in [0.29, 0.717) is 11.5 Å². The molecule has 0 aliphatic heterocycles. The molecule has 0 spiro atoms. The first-order valence-electron chi connectivity index (χ1n) is 9.73. The molecule has 1 aliphatic carbocycles. The van der Waals surface area contributed by atoms with Gasteiger partial charge in [0.2, 0.25) is 0 Å². The lowest BCUT2D eigenvalue weighted by Crippen LogP contribution is -2.29. The van der Waals surface area contributed by atoms with E-state index in [4.69, 9.17) is 11.6 Å². The number of hydrogen-bond donors (Lipinski definition) is 3. The Balaban J connectivity index is 1.73. The zero-order chi connectivity index (χ0) is 20.3. The quantitative estimate of drug-likeness (QED) is 0.640. The van der Waals surface area contributed by atoms with Crippen molar-refractivity contribution in [2.75, 3.05) is 11.9 Å². The van der Waals surface area contributed by atoms with Crippen LogP contribution in [0, 0.1) is 26.7 Å². The summed E-state index contributed by atoms with van der Waals surface area (Å²) in [5.41, 5.74) is 3.86. The van der Waals surface area contributed by atoms with Gasteiger partial charge in [-0.05, 0) is 57.2 Å². The maximum absolute atomic E-state index is 12.7. The number of aromatic amines is 1. The van der Waals surface area contributed by atoms with Crippen LogP contribution >= 0.6 is 11.6 Å². The minimum Gasteiger partial charge on any atom is -0.384 e. The van der Waals surface area contributed by atoms with Crippen LogP contribution in [0.25, 0.3) is 0 Å². The van der Waals surface area contributed by atoms with Gasteiger partial charge < -0.3 is 15.6 Å². The Bertz CT molecular complexity index is 933. The number of rotatable bonds is 6. The number of carbonyl (C=O) groups excluding carboxylic acids is 1. The lowest BCUT2D eigenvalue weighted by Gasteiger charge is -2.16. The highest BCUT2D eigenvalue weighted by molar-refractivity contribution is 6.30. The Labute approximate surface area is 170 Å². The zero-order valence-electron chi connectivity index (χ0n) is 16.6. The summed E-state index contributed by atoms with van der Waals surface area (Å²) in [6.45, 7) is 6.56. The fourth-order valence-electron chi connectivity index (χ4n) is 3.80. The van der Waals surface area contributed by atoms with Crippen molar-refractivity contribution in [3.8, 4) is 0 Å². The average molecular weight is 403 g/mol. The molecule has 1 saturated carbocycles. The van der Waals surface area contributed by atoms with Crippen molar-refractivity contribution in [3.63, 3.8) is 0 Å². The molecule has 150 valence electrons. The van der Waals surface area contributed by atoms with Crippen molar-refractivity contribution in [2.24, 2.45) is 5.92 Å². The number of aryl methyl sites for hydroxylation is 2. The summed E-state index contributed by atoms with van der Waals surface area (Å²) < 4.78 is 0. The van der Waals surface area contributed by atoms with E-state index in [1.807, 2.05) is 26.8 Å². The van der Waals surface area contributed by atoms with Gasteiger partial charge in [0.15, 0.2) is 0 Å². The Hall–Kier alpha value is -2.34. The highest BCUT2D eigenvalue weighted by Gasteiger charge is 2.19. The van der Waals surface area contributed by atoms with E-state index in [9.17, 15) is 9.59 Å². The molecule has 0 unspecified atom stereocenters. The second-order valence-electron chi connectivity index (χ2n) is 7.62. The van der Waals surface area contributed by atoms with Crippen LogP contribution in [-0.2, 0) is 6.54 Å². The van der Waals surface area contributed by atoms with Crippen molar-refractivity contribution >= 4 is 23.2 Å². The molecule has 0 atom stereocenters. The van der Waals surface area contributed by atoms with Gasteiger partial charge in [0.05, 0.1) is 0 Å². The molecule has 2 heterocycles. The molecular weight excluding hydrogens is 376 g/mol. The number of anilines is 1. The molecule has 0 aromatic carbocycles. The normalized spacial score (nSPS) is 14.3. The van der Waals surface area contributed by atoms with Crippen LogP contribution < -0.4 is 16.2 Å². The molecule has 2 aromatic heterocycles. The van der Waals surface area contributed by atoms with Gasteiger partial charge in [-0.15, -0.1) is 0 Å². The monoisotopic (exact) mass is 402 g/mol. The first-order chi connectivity index (χ1) is 13.3. The van der Waals surface area contributed by atoms with Crippen molar-refractivity contribution in [1.29, 1.82) is 0 Å². The van der Waals surface area contributed by atoms with E-state index < -0.39 is 0 Å². The Kier molecular flexibility index (Phi) is 6.39. The number of aromatic nitrogens is 2. The summed E-state index contributed by atoms with van der Waals surface area (Å²) in [6, 6.07) is 3.65. The van der Waals surface area contributed by atoms with Gasteiger partial charge in [-0.2, -0.15) is 0 Å². The first kappa shape index (κ1) is 20.4. The summed E-state index contributed by atoms with van der Waals surface area (Å²) in [5, 5.41) is 6.50. The Morgan fingerprint density at radius 2 is 1.96 bits per heavy atom. The summed E-state index contributed by atoms with van der Waals surface area (Å²) in [7, 11) is 0. The topological polar surface area (TPSA) is 86.9 Å². The van der Waals surface area contributed by atoms with Crippen LogP contribution in [0.3, 0.4) is 0 Å². The number of halogens is 1. The van der Waals surface area contributed by atoms with Crippen LogP contribution in [0.5, 0.6) is 0 Å². The van der Waals surface area contributed by atoms with E-state index in [-0.39, 0.29) is 28.9 Å². The molecule has 1 aliphatic rings. The third kappa shape index (κ3) is 4.73. The van der Waals surface area contributed by atoms with Crippen LogP contribution in [-0.4, -0.2) is 22.4 Å². The molecule has 28 heavy (non-hydrogen) atoms. The van der Waals surface area contributed by atoms with Crippen molar-refractivity contribution in [3.05, 3.63) is 55.7 Å².